The van der Waals surface area contributed by atoms with E-state index >= 15 is 0 Å². The lowest BCUT2D eigenvalue weighted by atomic mass is 9.99. The van der Waals surface area contributed by atoms with Crippen LogP contribution in [-0.2, 0) is 20.6 Å². The predicted octanol–water partition coefficient (Wildman–Crippen LogP) is 3.45. The normalized spacial score (nSPS) is 17.3. The van der Waals surface area contributed by atoms with Gasteiger partial charge < -0.3 is 10.1 Å². The van der Waals surface area contributed by atoms with Crippen molar-refractivity contribution in [1.82, 2.24) is 9.62 Å². The number of nitrogens with one attached hydrogen (secondary N) is 1. The number of carbonyl (C=O) groups excluding carboxylic acids is 1. The molecule has 2 aromatic carbocycles. The molecule has 8 heteroatoms. The molecular weight excluding hydrogens is 432 g/mol. The molecule has 1 N–H and O–H groups in total. The second-order valence-electron chi connectivity index (χ2n) is 7.71. The Morgan fingerprint density at radius 1 is 1.23 bits per heavy atom. The number of thioether (sulfide) groups is 1. The van der Waals surface area contributed by atoms with Crippen LogP contribution in [0.25, 0.3) is 0 Å². The molecule has 1 amide bonds. The molecule has 0 spiro atoms. The van der Waals surface area contributed by atoms with Crippen LogP contribution in [0.5, 0.6) is 5.75 Å². The Hall–Kier alpha value is -2.03. The van der Waals surface area contributed by atoms with Crippen LogP contribution in [-0.4, -0.2) is 51.1 Å². The largest absolute Gasteiger partial charge is 0.497 e. The molecule has 0 aromatic heterocycles. The summed E-state index contributed by atoms with van der Waals surface area (Å²) in [5.41, 5.74) is 2.53. The summed E-state index contributed by atoms with van der Waals surface area (Å²) < 4.78 is 32.4. The Bertz CT molecular complexity index is 977. The van der Waals surface area contributed by atoms with Crippen molar-refractivity contribution in [2.24, 2.45) is 5.92 Å². The van der Waals surface area contributed by atoms with Crippen LogP contribution in [0.15, 0.2) is 53.4 Å². The van der Waals surface area contributed by atoms with Gasteiger partial charge in [-0.05, 0) is 49.6 Å². The summed E-state index contributed by atoms with van der Waals surface area (Å²) in [5.74, 6) is 1.96. The standard InChI is InChI=1S/C23H30N2O4S2/c1-18-5-3-6-19(15-18)17-30-14-12-24-23(26)20-7-4-13-25(16-20)31(27,28)22-10-8-21(29-2)9-11-22/h3,5-6,8-11,15,20H,4,7,12-14,16-17H2,1-2H3,(H,24,26). The van der Waals surface area contributed by atoms with Gasteiger partial charge in [0.25, 0.3) is 0 Å². The molecular formula is C23H30N2O4S2. The molecule has 1 atom stereocenters. The Balaban J connectivity index is 1.47. The SMILES string of the molecule is COc1ccc(S(=O)(=O)N2CCCC(C(=O)NCCSCc3cccc(C)c3)C2)cc1. The first-order chi connectivity index (χ1) is 14.9. The maximum Gasteiger partial charge on any atom is 0.243 e. The highest BCUT2D eigenvalue weighted by Gasteiger charge is 2.33. The average molecular weight is 463 g/mol. The van der Waals surface area contributed by atoms with Crippen molar-refractivity contribution in [2.45, 2.75) is 30.4 Å². The lowest BCUT2D eigenvalue weighted by molar-refractivity contribution is -0.125. The monoisotopic (exact) mass is 462 g/mol. The number of nitrogens with zero attached hydrogens (tertiary/aromatic N) is 1. The number of carbonyl (C=O) groups is 1. The number of benzene rings is 2. The van der Waals surface area contributed by atoms with Crippen molar-refractivity contribution in [2.75, 3.05) is 32.5 Å². The van der Waals surface area contributed by atoms with Crippen molar-refractivity contribution in [3.05, 3.63) is 59.7 Å². The predicted molar refractivity (Wildman–Crippen MR) is 125 cm³/mol. The molecule has 0 radical (unpaired) electrons. The molecule has 1 aliphatic rings. The van der Waals surface area contributed by atoms with Crippen LogP contribution in [0.3, 0.4) is 0 Å². The number of hydrogen-bond acceptors (Lipinski definition) is 5. The third-order valence-electron chi connectivity index (χ3n) is 5.35. The Morgan fingerprint density at radius 3 is 2.71 bits per heavy atom. The highest BCUT2D eigenvalue weighted by atomic mass is 32.2. The maximum absolute atomic E-state index is 13.0. The van der Waals surface area contributed by atoms with Gasteiger partial charge in [0.05, 0.1) is 17.9 Å². The quantitative estimate of drug-likeness (QED) is 0.578. The fourth-order valence-electron chi connectivity index (χ4n) is 3.65. The molecule has 31 heavy (non-hydrogen) atoms. The molecule has 1 fully saturated rings. The first-order valence-electron chi connectivity index (χ1n) is 10.5. The number of aryl methyl sites for hydroxylation is 1. The zero-order chi connectivity index (χ0) is 22.3. The number of sulfonamides is 1. The summed E-state index contributed by atoms with van der Waals surface area (Å²) in [6, 6.07) is 14.8. The summed E-state index contributed by atoms with van der Waals surface area (Å²) in [4.78, 5) is 12.8. The van der Waals surface area contributed by atoms with Gasteiger partial charge in [0.15, 0.2) is 0 Å². The smallest absolute Gasteiger partial charge is 0.243 e. The second-order valence-corrected chi connectivity index (χ2v) is 10.8. The number of piperidine rings is 1. The van der Waals surface area contributed by atoms with E-state index in [0.717, 1.165) is 11.5 Å². The highest BCUT2D eigenvalue weighted by molar-refractivity contribution is 7.98. The third kappa shape index (κ3) is 6.48. The van der Waals surface area contributed by atoms with E-state index in [9.17, 15) is 13.2 Å². The molecule has 0 saturated carbocycles. The van der Waals surface area contributed by atoms with Gasteiger partial charge in [-0.1, -0.05) is 29.8 Å². The van der Waals surface area contributed by atoms with E-state index < -0.39 is 10.0 Å². The van der Waals surface area contributed by atoms with Gasteiger partial charge >= 0.3 is 0 Å². The third-order valence-corrected chi connectivity index (χ3v) is 8.26. The van der Waals surface area contributed by atoms with E-state index in [-0.39, 0.29) is 23.3 Å². The lowest BCUT2D eigenvalue weighted by Crippen LogP contribution is -2.45. The molecule has 1 aliphatic heterocycles. The minimum Gasteiger partial charge on any atom is -0.497 e. The summed E-state index contributed by atoms with van der Waals surface area (Å²) in [5, 5.41) is 2.98. The van der Waals surface area contributed by atoms with Crippen LogP contribution < -0.4 is 10.1 Å². The summed E-state index contributed by atoms with van der Waals surface area (Å²) in [6.07, 6.45) is 1.38. The van der Waals surface area contributed by atoms with Gasteiger partial charge in [-0.2, -0.15) is 16.1 Å². The van der Waals surface area contributed by atoms with Gasteiger partial charge in [-0.15, -0.1) is 0 Å². The second kappa shape index (κ2) is 11.0. The fraction of sp³-hybridized carbons (Fsp3) is 0.435. The average Bonchev–Trinajstić information content (AvgIpc) is 2.79. The molecule has 168 valence electrons. The zero-order valence-corrected chi connectivity index (χ0v) is 19.7. The number of amides is 1. The highest BCUT2D eigenvalue weighted by Crippen LogP contribution is 2.25. The van der Waals surface area contributed by atoms with E-state index in [1.165, 1.54) is 15.4 Å². The first-order valence-corrected chi connectivity index (χ1v) is 13.0. The number of methoxy groups -OCH3 is 1. The van der Waals surface area contributed by atoms with E-state index in [0.29, 0.717) is 31.7 Å². The van der Waals surface area contributed by atoms with Gasteiger partial charge in [0, 0.05) is 31.1 Å². The topological polar surface area (TPSA) is 75.7 Å². The van der Waals surface area contributed by atoms with Crippen molar-refractivity contribution >= 4 is 27.7 Å². The fourth-order valence-corrected chi connectivity index (χ4v) is 5.98. The first kappa shape index (κ1) is 23.6. The Labute approximate surface area is 189 Å². The number of ether oxygens (including phenoxy) is 1. The van der Waals surface area contributed by atoms with Crippen molar-refractivity contribution in [3.63, 3.8) is 0 Å². The molecule has 1 unspecified atom stereocenters. The van der Waals surface area contributed by atoms with Gasteiger partial charge in [-0.3, -0.25) is 4.79 Å². The molecule has 1 saturated heterocycles. The summed E-state index contributed by atoms with van der Waals surface area (Å²) in [7, 11) is -2.08. The molecule has 2 aromatic rings. The summed E-state index contributed by atoms with van der Waals surface area (Å²) >= 11 is 1.78. The maximum atomic E-state index is 13.0. The minimum atomic E-state index is -3.62. The Kier molecular flexibility index (Phi) is 8.40. The van der Waals surface area contributed by atoms with E-state index in [1.807, 2.05) is 0 Å². The number of rotatable bonds is 9. The van der Waals surface area contributed by atoms with Crippen LogP contribution in [0.2, 0.25) is 0 Å². The lowest BCUT2D eigenvalue weighted by Gasteiger charge is -2.31. The van der Waals surface area contributed by atoms with Crippen molar-refractivity contribution in [3.8, 4) is 5.75 Å². The van der Waals surface area contributed by atoms with E-state index in [2.05, 4.69) is 36.5 Å². The summed E-state index contributed by atoms with van der Waals surface area (Å²) in [6.45, 7) is 3.31. The van der Waals surface area contributed by atoms with Crippen molar-refractivity contribution < 1.29 is 17.9 Å². The van der Waals surface area contributed by atoms with Crippen LogP contribution >= 0.6 is 11.8 Å². The minimum absolute atomic E-state index is 0.0641. The van der Waals surface area contributed by atoms with Crippen LogP contribution in [0, 0.1) is 12.8 Å². The van der Waals surface area contributed by atoms with Crippen molar-refractivity contribution in [1.29, 1.82) is 0 Å². The molecule has 0 bridgehead atoms. The molecule has 6 nitrogen and oxygen atoms in total. The van der Waals surface area contributed by atoms with E-state index in [1.54, 1.807) is 43.1 Å². The molecule has 1 heterocycles. The van der Waals surface area contributed by atoms with Crippen LogP contribution in [0.1, 0.15) is 24.0 Å². The molecule has 3 rings (SSSR count). The van der Waals surface area contributed by atoms with Gasteiger partial charge in [0.1, 0.15) is 5.75 Å². The molecule has 0 aliphatic carbocycles. The Morgan fingerprint density at radius 2 is 2.00 bits per heavy atom. The van der Waals surface area contributed by atoms with Crippen LogP contribution in [0.4, 0.5) is 0 Å². The zero-order valence-electron chi connectivity index (χ0n) is 18.0. The number of hydrogen-bond donors (Lipinski definition) is 1. The van der Waals surface area contributed by atoms with E-state index in [4.69, 9.17) is 4.74 Å². The van der Waals surface area contributed by atoms with Gasteiger partial charge in [0.2, 0.25) is 15.9 Å². The van der Waals surface area contributed by atoms with Gasteiger partial charge in [-0.25, -0.2) is 8.42 Å².